The lowest BCUT2D eigenvalue weighted by atomic mass is 10.1. The van der Waals surface area contributed by atoms with Crippen molar-refractivity contribution in [3.05, 3.63) is 64.1 Å². The van der Waals surface area contributed by atoms with Crippen LogP contribution in [-0.4, -0.2) is 11.8 Å². The highest BCUT2D eigenvalue weighted by Gasteiger charge is 2.11. The van der Waals surface area contributed by atoms with E-state index in [1.54, 1.807) is 19.1 Å². The Morgan fingerprint density at radius 1 is 1.18 bits per heavy atom. The topological polar surface area (TPSA) is 71.3 Å². The molecule has 0 aliphatic heterocycles. The minimum atomic E-state index is -0.453. The average Bonchev–Trinajstić information content (AvgIpc) is 2.92. The molecule has 5 nitrogen and oxygen atoms in total. The van der Waals surface area contributed by atoms with Gasteiger partial charge in [-0.3, -0.25) is 20.4 Å². The molecular formula is C16H15ClN2O3. The summed E-state index contributed by atoms with van der Waals surface area (Å²) in [5.41, 5.74) is 6.73. The van der Waals surface area contributed by atoms with Gasteiger partial charge < -0.3 is 4.42 Å². The Morgan fingerprint density at radius 3 is 2.59 bits per heavy atom. The lowest BCUT2D eigenvalue weighted by molar-refractivity contribution is -0.117. The summed E-state index contributed by atoms with van der Waals surface area (Å²) in [4.78, 5) is 23.4. The number of halogens is 1. The molecule has 2 rings (SSSR count). The number of carbonyl (C=O) groups is 2. The molecule has 0 atom stereocenters. The quantitative estimate of drug-likeness (QED) is 0.675. The van der Waals surface area contributed by atoms with Gasteiger partial charge in [0, 0.05) is 11.1 Å². The van der Waals surface area contributed by atoms with Crippen LogP contribution >= 0.6 is 11.6 Å². The van der Waals surface area contributed by atoms with Crippen LogP contribution in [0.25, 0.3) is 6.08 Å². The molecule has 0 spiro atoms. The summed E-state index contributed by atoms with van der Waals surface area (Å²) in [6.45, 7) is 3.56. The third-order valence-electron chi connectivity index (χ3n) is 3.03. The maximum absolute atomic E-state index is 11.8. The standard InChI is InChI=1S/C16H15ClN2O3/c1-10-3-4-12(9-14(10)17)5-6-15(20)18-19-16(21)13-7-8-22-11(13)2/h3-9H,1-2H3,(H,18,20)(H,19,21)/b6-5+. The Labute approximate surface area is 132 Å². The number of hydrogen-bond donors (Lipinski definition) is 2. The Bertz CT molecular complexity index is 735. The number of amides is 2. The van der Waals surface area contributed by atoms with Crippen LogP contribution in [0.1, 0.15) is 27.2 Å². The number of hydrogen-bond acceptors (Lipinski definition) is 3. The van der Waals surface area contributed by atoms with Gasteiger partial charge in [-0.05, 0) is 43.2 Å². The molecule has 1 heterocycles. The molecule has 22 heavy (non-hydrogen) atoms. The van der Waals surface area contributed by atoms with Crippen LogP contribution in [0, 0.1) is 13.8 Å². The normalized spacial score (nSPS) is 10.7. The zero-order valence-electron chi connectivity index (χ0n) is 12.1. The number of furan rings is 1. The van der Waals surface area contributed by atoms with E-state index in [1.807, 2.05) is 19.1 Å². The van der Waals surface area contributed by atoms with Crippen molar-refractivity contribution < 1.29 is 14.0 Å². The van der Waals surface area contributed by atoms with Crippen molar-refractivity contribution >= 4 is 29.5 Å². The molecule has 1 aromatic heterocycles. The molecule has 0 saturated carbocycles. The highest BCUT2D eigenvalue weighted by atomic mass is 35.5. The predicted octanol–water partition coefficient (Wildman–Crippen LogP) is 3.02. The van der Waals surface area contributed by atoms with E-state index in [2.05, 4.69) is 10.9 Å². The Morgan fingerprint density at radius 2 is 1.95 bits per heavy atom. The summed E-state index contributed by atoms with van der Waals surface area (Å²) in [5.74, 6) is -0.408. The Hall–Kier alpha value is -2.53. The molecule has 114 valence electrons. The largest absolute Gasteiger partial charge is 0.469 e. The molecule has 0 aliphatic carbocycles. The molecule has 1 aromatic carbocycles. The van der Waals surface area contributed by atoms with E-state index in [0.29, 0.717) is 16.3 Å². The van der Waals surface area contributed by atoms with Crippen LogP contribution in [0.5, 0.6) is 0 Å². The summed E-state index contributed by atoms with van der Waals surface area (Å²) in [5, 5.41) is 0.631. The number of hydrazine groups is 1. The third kappa shape index (κ3) is 3.99. The van der Waals surface area contributed by atoms with Crippen LogP contribution in [0.3, 0.4) is 0 Å². The van der Waals surface area contributed by atoms with Gasteiger partial charge in [0.25, 0.3) is 11.8 Å². The number of rotatable bonds is 3. The summed E-state index contributed by atoms with van der Waals surface area (Å²) in [6, 6.07) is 7.00. The van der Waals surface area contributed by atoms with E-state index < -0.39 is 11.8 Å². The van der Waals surface area contributed by atoms with Gasteiger partial charge in [-0.25, -0.2) is 0 Å². The summed E-state index contributed by atoms with van der Waals surface area (Å²) in [7, 11) is 0. The van der Waals surface area contributed by atoms with Gasteiger partial charge in [0.1, 0.15) is 5.76 Å². The zero-order valence-corrected chi connectivity index (χ0v) is 12.9. The second-order valence-corrected chi connectivity index (χ2v) is 5.08. The van der Waals surface area contributed by atoms with Crippen LogP contribution in [0.4, 0.5) is 0 Å². The maximum Gasteiger partial charge on any atom is 0.273 e. The molecule has 0 fully saturated rings. The summed E-state index contributed by atoms with van der Waals surface area (Å²) in [6.07, 6.45) is 4.33. The van der Waals surface area contributed by atoms with Crippen LogP contribution < -0.4 is 10.9 Å². The lowest BCUT2D eigenvalue weighted by Gasteiger charge is -2.04. The summed E-state index contributed by atoms with van der Waals surface area (Å²) < 4.78 is 5.02. The van der Waals surface area contributed by atoms with Crippen molar-refractivity contribution in [3.63, 3.8) is 0 Å². The van der Waals surface area contributed by atoms with Crippen molar-refractivity contribution in [2.75, 3.05) is 0 Å². The molecule has 0 radical (unpaired) electrons. The van der Waals surface area contributed by atoms with E-state index in [1.165, 1.54) is 18.4 Å². The van der Waals surface area contributed by atoms with Crippen LogP contribution in [-0.2, 0) is 4.79 Å². The highest BCUT2D eigenvalue weighted by Crippen LogP contribution is 2.17. The molecule has 0 aliphatic rings. The number of carbonyl (C=O) groups excluding carboxylic acids is 2. The van der Waals surface area contributed by atoms with Gasteiger partial charge in [-0.2, -0.15) is 0 Å². The smallest absolute Gasteiger partial charge is 0.273 e. The molecule has 0 bridgehead atoms. The molecule has 2 N–H and O–H groups in total. The number of nitrogens with one attached hydrogen (secondary N) is 2. The highest BCUT2D eigenvalue weighted by molar-refractivity contribution is 6.31. The fraction of sp³-hybridized carbons (Fsp3) is 0.125. The van der Waals surface area contributed by atoms with E-state index >= 15 is 0 Å². The van der Waals surface area contributed by atoms with Crippen molar-refractivity contribution in [3.8, 4) is 0 Å². The number of aryl methyl sites for hydroxylation is 2. The van der Waals surface area contributed by atoms with E-state index in [0.717, 1.165) is 11.1 Å². The SMILES string of the molecule is Cc1ccc(/C=C/C(=O)NNC(=O)c2ccoc2C)cc1Cl. The van der Waals surface area contributed by atoms with E-state index in [4.69, 9.17) is 16.0 Å². The first kappa shape index (κ1) is 15.9. The van der Waals surface area contributed by atoms with Gasteiger partial charge in [0.05, 0.1) is 11.8 Å². The lowest BCUT2D eigenvalue weighted by Crippen LogP contribution is -2.40. The van der Waals surface area contributed by atoms with Gasteiger partial charge in [0.2, 0.25) is 0 Å². The molecule has 0 unspecified atom stereocenters. The molecule has 2 aromatic rings. The third-order valence-corrected chi connectivity index (χ3v) is 3.43. The summed E-state index contributed by atoms with van der Waals surface area (Å²) >= 11 is 6.00. The zero-order chi connectivity index (χ0) is 16.1. The van der Waals surface area contributed by atoms with E-state index in [9.17, 15) is 9.59 Å². The molecule has 2 amide bonds. The second kappa shape index (κ2) is 6.95. The second-order valence-electron chi connectivity index (χ2n) is 4.68. The van der Waals surface area contributed by atoms with Crippen LogP contribution in [0.2, 0.25) is 5.02 Å². The van der Waals surface area contributed by atoms with Crippen molar-refractivity contribution in [2.45, 2.75) is 13.8 Å². The minimum absolute atomic E-state index is 0.370. The van der Waals surface area contributed by atoms with Gasteiger partial charge in [-0.1, -0.05) is 23.7 Å². The predicted molar refractivity (Wildman–Crippen MR) is 84.3 cm³/mol. The minimum Gasteiger partial charge on any atom is -0.469 e. The first-order chi connectivity index (χ1) is 10.5. The maximum atomic E-state index is 11.8. The van der Waals surface area contributed by atoms with Gasteiger partial charge in [0.15, 0.2) is 0 Å². The van der Waals surface area contributed by atoms with Gasteiger partial charge in [-0.15, -0.1) is 0 Å². The number of benzene rings is 1. The van der Waals surface area contributed by atoms with Crippen LogP contribution in [0.15, 0.2) is 41.0 Å². The van der Waals surface area contributed by atoms with Crippen molar-refractivity contribution in [1.29, 1.82) is 0 Å². The van der Waals surface area contributed by atoms with Crippen molar-refractivity contribution in [2.24, 2.45) is 0 Å². The first-order valence-corrected chi connectivity index (χ1v) is 6.94. The Kier molecular flexibility index (Phi) is 5.01. The monoisotopic (exact) mass is 318 g/mol. The fourth-order valence-corrected chi connectivity index (χ4v) is 1.92. The molecular weight excluding hydrogens is 304 g/mol. The van der Waals surface area contributed by atoms with Gasteiger partial charge >= 0.3 is 0 Å². The Balaban J connectivity index is 1.90. The van der Waals surface area contributed by atoms with E-state index in [-0.39, 0.29) is 0 Å². The first-order valence-electron chi connectivity index (χ1n) is 6.56. The average molecular weight is 319 g/mol. The molecule has 0 saturated heterocycles. The van der Waals surface area contributed by atoms with Crippen molar-refractivity contribution in [1.82, 2.24) is 10.9 Å². The fourth-order valence-electron chi connectivity index (χ4n) is 1.73. The molecule has 6 heteroatoms.